The molecule has 20 heavy (non-hydrogen) atoms. The van der Waals surface area contributed by atoms with Gasteiger partial charge in [-0.2, -0.15) is 4.73 Å². The van der Waals surface area contributed by atoms with Gasteiger partial charge in [0.15, 0.2) is 5.82 Å². The lowest BCUT2D eigenvalue weighted by molar-refractivity contribution is 0.142. The van der Waals surface area contributed by atoms with Crippen LogP contribution in [0, 0.1) is 6.92 Å². The van der Waals surface area contributed by atoms with Gasteiger partial charge < -0.3 is 4.84 Å². The van der Waals surface area contributed by atoms with Crippen molar-refractivity contribution >= 4 is 17.1 Å². The molecule has 1 aromatic heterocycles. The van der Waals surface area contributed by atoms with E-state index in [9.17, 15) is 0 Å². The maximum absolute atomic E-state index is 5.89. The monoisotopic (exact) mass is 270 g/mol. The van der Waals surface area contributed by atoms with E-state index >= 15 is 0 Å². The Balaban J connectivity index is 2.48. The zero-order chi connectivity index (χ0) is 14.7. The Labute approximate surface area is 120 Å². The van der Waals surface area contributed by atoms with Gasteiger partial charge in [0, 0.05) is 0 Å². The molecule has 0 unspecified atom stereocenters. The summed E-state index contributed by atoms with van der Waals surface area (Å²) in [5.74, 6) is 0.841. The molecule has 0 atom stereocenters. The van der Waals surface area contributed by atoms with Crippen molar-refractivity contribution in [2.75, 3.05) is 6.61 Å². The van der Waals surface area contributed by atoms with Gasteiger partial charge in [0.25, 0.3) is 0 Å². The Kier molecular flexibility index (Phi) is 4.28. The van der Waals surface area contributed by atoms with Crippen LogP contribution in [0.5, 0.6) is 0 Å². The molecule has 0 radical (unpaired) electrons. The van der Waals surface area contributed by atoms with Gasteiger partial charge in [0.05, 0.1) is 5.52 Å². The summed E-state index contributed by atoms with van der Waals surface area (Å²) >= 11 is 0. The maximum Gasteiger partial charge on any atom is 0.169 e. The van der Waals surface area contributed by atoms with E-state index in [1.165, 1.54) is 16.7 Å². The second-order valence-corrected chi connectivity index (χ2v) is 5.56. The average Bonchev–Trinajstić information content (AvgIpc) is 2.66. The molecule has 0 aliphatic rings. The van der Waals surface area contributed by atoms with Crippen LogP contribution in [0.2, 0.25) is 0 Å². The molecule has 0 amide bonds. The highest BCUT2D eigenvalue weighted by Gasteiger charge is 2.09. The van der Waals surface area contributed by atoms with Crippen LogP contribution in [0.1, 0.15) is 39.1 Å². The number of aryl methyl sites for hydroxylation is 1. The molecule has 0 spiro atoms. The second kappa shape index (κ2) is 5.95. The van der Waals surface area contributed by atoms with Gasteiger partial charge in [-0.05, 0) is 64.5 Å². The molecular formula is C17H22N2O. The smallest absolute Gasteiger partial charge is 0.169 e. The minimum Gasteiger partial charge on any atom is -0.408 e. The summed E-state index contributed by atoms with van der Waals surface area (Å²) in [6, 6.07) is 6.21. The van der Waals surface area contributed by atoms with Crippen LogP contribution in [0.15, 0.2) is 35.4 Å². The zero-order valence-corrected chi connectivity index (χ0v) is 12.9. The van der Waals surface area contributed by atoms with Gasteiger partial charge in [-0.1, -0.05) is 17.2 Å². The van der Waals surface area contributed by atoms with E-state index in [4.69, 9.17) is 4.84 Å². The van der Waals surface area contributed by atoms with Crippen molar-refractivity contribution in [3.63, 3.8) is 0 Å². The molecule has 0 aliphatic heterocycles. The van der Waals surface area contributed by atoms with E-state index in [0.29, 0.717) is 6.61 Å². The van der Waals surface area contributed by atoms with Crippen molar-refractivity contribution in [2.24, 2.45) is 0 Å². The van der Waals surface area contributed by atoms with E-state index in [1.54, 1.807) is 0 Å². The summed E-state index contributed by atoms with van der Waals surface area (Å²) in [6.45, 7) is 10.9. The number of rotatable bonds is 4. The summed E-state index contributed by atoms with van der Waals surface area (Å²) in [4.78, 5) is 10.5. The standard InChI is InChI=1S/C17H22N2O/c1-12(2)8-9-20-19-16-11-14(5)6-7-15(16)18-17(19)10-13(3)4/h6-8,10-11H,9H2,1-5H3. The average molecular weight is 270 g/mol. The zero-order valence-electron chi connectivity index (χ0n) is 12.9. The molecule has 2 rings (SSSR count). The lowest BCUT2D eigenvalue weighted by Gasteiger charge is -2.08. The van der Waals surface area contributed by atoms with E-state index in [0.717, 1.165) is 16.9 Å². The molecule has 0 aliphatic carbocycles. The van der Waals surface area contributed by atoms with Gasteiger partial charge in [0.2, 0.25) is 0 Å². The molecule has 106 valence electrons. The van der Waals surface area contributed by atoms with E-state index < -0.39 is 0 Å². The van der Waals surface area contributed by atoms with Crippen molar-refractivity contribution in [1.82, 2.24) is 9.71 Å². The Morgan fingerprint density at radius 2 is 1.95 bits per heavy atom. The number of nitrogens with zero attached hydrogens (tertiary/aromatic N) is 2. The van der Waals surface area contributed by atoms with Crippen LogP contribution in [-0.2, 0) is 0 Å². The van der Waals surface area contributed by atoms with Crippen LogP contribution in [-0.4, -0.2) is 16.3 Å². The summed E-state index contributed by atoms with van der Waals surface area (Å²) in [6.07, 6.45) is 4.10. The van der Waals surface area contributed by atoms with Crippen molar-refractivity contribution in [3.05, 3.63) is 46.8 Å². The van der Waals surface area contributed by atoms with Gasteiger partial charge >= 0.3 is 0 Å². The number of benzene rings is 1. The van der Waals surface area contributed by atoms with Crippen LogP contribution < -0.4 is 4.84 Å². The van der Waals surface area contributed by atoms with Crippen molar-refractivity contribution in [1.29, 1.82) is 0 Å². The number of hydrogen-bond acceptors (Lipinski definition) is 2. The predicted octanol–water partition coefficient (Wildman–Crippen LogP) is 4.16. The molecule has 1 aromatic carbocycles. The highest BCUT2D eigenvalue weighted by molar-refractivity contribution is 5.78. The lowest BCUT2D eigenvalue weighted by atomic mass is 10.2. The fraction of sp³-hybridized carbons (Fsp3) is 0.353. The first-order chi connectivity index (χ1) is 9.47. The third-order valence-electron chi connectivity index (χ3n) is 2.91. The summed E-state index contributed by atoms with van der Waals surface area (Å²) in [5.41, 5.74) is 5.62. The first kappa shape index (κ1) is 14.4. The lowest BCUT2D eigenvalue weighted by Crippen LogP contribution is -2.13. The van der Waals surface area contributed by atoms with Crippen LogP contribution in [0.25, 0.3) is 17.1 Å². The number of hydrogen-bond donors (Lipinski definition) is 0. The largest absolute Gasteiger partial charge is 0.408 e. The highest BCUT2D eigenvalue weighted by atomic mass is 16.7. The second-order valence-electron chi connectivity index (χ2n) is 5.56. The van der Waals surface area contributed by atoms with Gasteiger partial charge in [-0.15, -0.1) is 0 Å². The van der Waals surface area contributed by atoms with Crippen molar-refractivity contribution in [2.45, 2.75) is 34.6 Å². The Morgan fingerprint density at radius 3 is 2.60 bits per heavy atom. The van der Waals surface area contributed by atoms with E-state index in [1.807, 2.05) is 16.9 Å². The molecule has 0 bridgehead atoms. The molecule has 3 heteroatoms. The molecule has 0 saturated heterocycles. The number of allylic oxidation sites excluding steroid dienone is 2. The number of aromatic nitrogens is 2. The van der Waals surface area contributed by atoms with E-state index in [-0.39, 0.29) is 0 Å². The summed E-state index contributed by atoms with van der Waals surface area (Å²) in [5, 5.41) is 0. The Bertz CT molecular complexity index is 670. The maximum atomic E-state index is 5.89. The third kappa shape index (κ3) is 3.29. The van der Waals surface area contributed by atoms with Gasteiger partial charge in [0.1, 0.15) is 12.1 Å². The predicted molar refractivity (Wildman–Crippen MR) is 84.7 cm³/mol. The fourth-order valence-electron chi connectivity index (χ4n) is 1.95. The molecular weight excluding hydrogens is 248 g/mol. The Hall–Kier alpha value is -2.03. The third-order valence-corrected chi connectivity index (χ3v) is 2.91. The van der Waals surface area contributed by atoms with Gasteiger partial charge in [-0.3, -0.25) is 0 Å². The summed E-state index contributed by atoms with van der Waals surface area (Å²) in [7, 11) is 0. The number of fused-ring (bicyclic) bond motifs is 1. The van der Waals surface area contributed by atoms with Crippen molar-refractivity contribution in [3.8, 4) is 0 Å². The first-order valence-electron chi connectivity index (χ1n) is 6.88. The van der Waals surface area contributed by atoms with Gasteiger partial charge in [-0.25, -0.2) is 4.98 Å². The van der Waals surface area contributed by atoms with Crippen LogP contribution in [0.3, 0.4) is 0 Å². The molecule has 1 heterocycles. The first-order valence-corrected chi connectivity index (χ1v) is 6.88. The minimum atomic E-state index is 0.547. The fourth-order valence-corrected chi connectivity index (χ4v) is 1.95. The van der Waals surface area contributed by atoms with Crippen LogP contribution in [0.4, 0.5) is 0 Å². The SMILES string of the molecule is CC(C)=CCOn1c(C=C(C)C)nc2ccc(C)cc21. The number of imidazole rings is 1. The Morgan fingerprint density at radius 1 is 1.20 bits per heavy atom. The normalized spacial score (nSPS) is 10.4. The minimum absolute atomic E-state index is 0.547. The van der Waals surface area contributed by atoms with E-state index in [2.05, 4.69) is 57.8 Å². The topological polar surface area (TPSA) is 27.1 Å². The van der Waals surface area contributed by atoms with Crippen molar-refractivity contribution < 1.29 is 4.84 Å². The van der Waals surface area contributed by atoms with Crippen LogP contribution >= 0.6 is 0 Å². The molecule has 3 nitrogen and oxygen atoms in total. The summed E-state index contributed by atoms with van der Waals surface area (Å²) < 4.78 is 1.83. The molecule has 0 N–H and O–H groups in total. The molecule has 2 aromatic rings. The molecule has 0 fully saturated rings. The highest BCUT2D eigenvalue weighted by Crippen LogP contribution is 2.18. The molecule has 0 saturated carbocycles. The quantitative estimate of drug-likeness (QED) is 0.780.